The molecule has 140 valence electrons. The third kappa shape index (κ3) is 3.88. The SMILES string of the molecule is O=C(CSc1nnc(-c2ccco2)n1-c1ccc(F)cc1)N1CCOCC1. The van der Waals surface area contributed by atoms with Gasteiger partial charge in [-0.25, -0.2) is 4.39 Å². The first-order valence-corrected chi connectivity index (χ1v) is 9.44. The van der Waals surface area contributed by atoms with E-state index in [4.69, 9.17) is 9.15 Å². The largest absolute Gasteiger partial charge is 0.461 e. The molecule has 27 heavy (non-hydrogen) atoms. The lowest BCUT2D eigenvalue weighted by atomic mass is 10.3. The van der Waals surface area contributed by atoms with Gasteiger partial charge in [-0.2, -0.15) is 0 Å². The Hall–Kier alpha value is -2.65. The number of furan rings is 1. The molecule has 0 radical (unpaired) electrons. The lowest BCUT2D eigenvalue weighted by molar-refractivity contribution is -0.132. The van der Waals surface area contributed by atoms with Crippen LogP contribution in [0.25, 0.3) is 17.3 Å². The number of rotatable bonds is 5. The van der Waals surface area contributed by atoms with E-state index >= 15 is 0 Å². The van der Waals surface area contributed by atoms with Crippen LogP contribution in [-0.4, -0.2) is 57.6 Å². The van der Waals surface area contributed by atoms with E-state index in [0.29, 0.717) is 48.7 Å². The molecule has 7 nitrogen and oxygen atoms in total. The number of halogens is 1. The number of carbonyl (C=O) groups excluding carboxylic acids is 1. The molecule has 3 aromatic rings. The molecule has 1 aliphatic heterocycles. The molecule has 9 heteroatoms. The Labute approximate surface area is 159 Å². The monoisotopic (exact) mass is 388 g/mol. The quantitative estimate of drug-likeness (QED) is 0.626. The molecule has 1 aliphatic rings. The highest BCUT2D eigenvalue weighted by molar-refractivity contribution is 7.99. The molecule has 1 fully saturated rings. The summed E-state index contributed by atoms with van der Waals surface area (Å²) in [4.78, 5) is 14.2. The van der Waals surface area contributed by atoms with Gasteiger partial charge in [-0.1, -0.05) is 11.8 Å². The van der Waals surface area contributed by atoms with Crippen LogP contribution in [-0.2, 0) is 9.53 Å². The van der Waals surface area contributed by atoms with Crippen molar-refractivity contribution in [2.45, 2.75) is 5.16 Å². The number of amides is 1. The van der Waals surface area contributed by atoms with E-state index in [2.05, 4.69) is 10.2 Å². The molecule has 1 saturated heterocycles. The van der Waals surface area contributed by atoms with Gasteiger partial charge in [0.25, 0.3) is 0 Å². The van der Waals surface area contributed by atoms with Crippen LogP contribution in [0.5, 0.6) is 0 Å². The van der Waals surface area contributed by atoms with Crippen molar-refractivity contribution >= 4 is 17.7 Å². The highest BCUT2D eigenvalue weighted by Crippen LogP contribution is 2.28. The number of thioether (sulfide) groups is 1. The van der Waals surface area contributed by atoms with Crippen molar-refractivity contribution < 1.29 is 18.3 Å². The molecule has 0 unspecified atom stereocenters. The Morgan fingerprint density at radius 2 is 1.93 bits per heavy atom. The first-order chi connectivity index (χ1) is 13.2. The van der Waals surface area contributed by atoms with Crippen molar-refractivity contribution in [2.24, 2.45) is 0 Å². The maximum Gasteiger partial charge on any atom is 0.233 e. The number of carbonyl (C=O) groups is 1. The summed E-state index contributed by atoms with van der Waals surface area (Å²) in [6, 6.07) is 9.55. The van der Waals surface area contributed by atoms with Crippen molar-refractivity contribution in [3.05, 3.63) is 48.5 Å². The minimum Gasteiger partial charge on any atom is -0.461 e. The Morgan fingerprint density at radius 1 is 1.15 bits per heavy atom. The fourth-order valence-electron chi connectivity index (χ4n) is 2.78. The molecule has 0 saturated carbocycles. The predicted molar refractivity (Wildman–Crippen MR) is 97.1 cm³/mol. The summed E-state index contributed by atoms with van der Waals surface area (Å²) in [5, 5.41) is 8.96. The van der Waals surface area contributed by atoms with E-state index in [1.807, 2.05) is 0 Å². The standard InChI is InChI=1S/C18H17FN4O3S/c19-13-3-5-14(6-4-13)23-17(15-2-1-9-26-15)20-21-18(23)27-12-16(24)22-7-10-25-11-8-22/h1-6,9H,7-8,10-12H2. The minimum atomic E-state index is -0.330. The van der Waals surface area contributed by atoms with E-state index in [1.165, 1.54) is 23.9 Å². The van der Waals surface area contributed by atoms with Crippen LogP contribution >= 0.6 is 11.8 Å². The van der Waals surface area contributed by atoms with Gasteiger partial charge in [-0.05, 0) is 36.4 Å². The van der Waals surface area contributed by atoms with E-state index in [-0.39, 0.29) is 17.5 Å². The van der Waals surface area contributed by atoms with Gasteiger partial charge in [0.15, 0.2) is 10.9 Å². The average molecular weight is 388 g/mol. The van der Waals surface area contributed by atoms with Gasteiger partial charge >= 0.3 is 0 Å². The number of hydrogen-bond donors (Lipinski definition) is 0. The van der Waals surface area contributed by atoms with Gasteiger partial charge in [0.1, 0.15) is 5.82 Å². The van der Waals surface area contributed by atoms with Crippen molar-refractivity contribution in [3.8, 4) is 17.3 Å². The van der Waals surface area contributed by atoms with Gasteiger partial charge in [-0.15, -0.1) is 10.2 Å². The molecule has 0 N–H and O–H groups in total. The minimum absolute atomic E-state index is 0.0245. The summed E-state index contributed by atoms with van der Waals surface area (Å²) in [5.41, 5.74) is 0.689. The number of hydrogen-bond acceptors (Lipinski definition) is 6. The maximum absolute atomic E-state index is 13.3. The lowest BCUT2D eigenvalue weighted by Crippen LogP contribution is -2.41. The topological polar surface area (TPSA) is 73.4 Å². The summed E-state index contributed by atoms with van der Waals surface area (Å²) in [6.45, 7) is 2.32. The van der Waals surface area contributed by atoms with E-state index in [0.717, 1.165) is 0 Å². The summed E-state index contributed by atoms with van der Waals surface area (Å²) in [7, 11) is 0. The highest BCUT2D eigenvalue weighted by Gasteiger charge is 2.21. The summed E-state index contributed by atoms with van der Waals surface area (Å²) >= 11 is 1.29. The highest BCUT2D eigenvalue weighted by atomic mass is 32.2. The molecule has 4 rings (SSSR count). The van der Waals surface area contributed by atoms with Gasteiger partial charge in [0.2, 0.25) is 11.7 Å². The Morgan fingerprint density at radius 3 is 2.63 bits per heavy atom. The smallest absolute Gasteiger partial charge is 0.233 e. The number of aromatic nitrogens is 3. The van der Waals surface area contributed by atoms with Crippen molar-refractivity contribution in [3.63, 3.8) is 0 Å². The average Bonchev–Trinajstić information content (AvgIpc) is 3.37. The third-order valence-corrected chi connectivity index (χ3v) is 5.06. The van der Waals surface area contributed by atoms with Crippen LogP contribution < -0.4 is 0 Å². The molecule has 2 aromatic heterocycles. The zero-order chi connectivity index (χ0) is 18.6. The van der Waals surface area contributed by atoms with Crippen LogP contribution in [0.2, 0.25) is 0 Å². The Bertz CT molecular complexity index is 905. The molecule has 0 atom stereocenters. The maximum atomic E-state index is 13.3. The predicted octanol–water partition coefficient (Wildman–Crippen LogP) is 2.62. The number of morpholine rings is 1. The van der Waals surface area contributed by atoms with Crippen LogP contribution in [0.4, 0.5) is 4.39 Å². The second-order valence-electron chi connectivity index (χ2n) is 5.88. The van der Waals surface area contributed by atoms with Crippen molar-refractivity contribution in [1.29, 1.82) is 0 Å². The van der Waals surface area contributed by atoms with Gasteiger partial charge in [0, 0.05) is 13.1 Å². The van der Waals surface area contributed by atoms with Crippen LogP contribution in [0.3, 0.4) is 0 Å². The molecule has 3 heterocycles. The Kier molecular flexibility index (Phi) is 5.21. The zero-order valence-electron chi connectivity index (χ0n) is 14.4. The molecule has 0 spiro atoms. The normalized spacial score (nSPS) is 14.5. The number of nitrogens with zero attached hydrogens (tertiary/aromatic N) is 4. The van der Waals surface area contributed by atoms with Crippen LogP contribution in [0.15, 0.2) is 52.2 Å². The van der Waals surface area contributed by atoms with E-state index in [9.17, 15) is 9.18 Å². The third-order valence-electron chi connectivity index (χ3n) is 4.15. The number of ether oxygens (including phenoxy) is 1. The summed E-state index contributed by atoms with van der Waals surface area (Å²) in [5.74, 6) is 0.961. The van der Waals surface area contributed by atoms with Crippen molar-refractivity contribution in [1.82, 2.24) is 19.7 Å². The van der Waals surface area contributed by atoms with Crippen LogP contribution in [0.1, 0.15) is 0 Å². The Balaban J connectivity index is 1.60. The van der Waals surface area contributed by atoms with E-state index in [1.54, 1.807) is 40.0 Å². The van der Waals surface area contributed by atoms with E-state index < -0.39 is 0 Å². The van der Waals surface area contributed by atoms with Crippen molar-refractivity contribution in [2.75, 3.05) is 32.1 Å². The fraction of sp³-hybridized carbons (Fsp3) is 0.278. The van der Waals surface area contributed by atoms with Crippen LogP contribution in [0, 0.1) is 5.82 Å². The number of benzene rings is 1. The molecule has 0 aliphatic carbocycles. The second kappa shape index (κ2) is 7.93. The first-order valence-electron chi connectivity index (χ1n) is 8.46. The molecule has 1 aromatic carbocycles. The fourth-order valence-corrected chi connectivity index (χ4v) is 3.64. The van der Waals surface area contributed by atoms with Gasteiger partial charge in [-0.3, -0.25) is 9.36 Å². The summed E-state index contributed by atoms with van der Waals surface area (Å²) in [6.07, 6.45) is 1.55. The second-order valence-corrected chi connectivity index (χ2v) is 6.82. The molecular weight excluding hydrogens is 371 g/mol. The zero-order valence-corrected chi connectivity index (χ0v) is 15.2. The first kappa shape index (κ1) is 17.7. The molecule has 1 amide bonds. The summed E-state index contributed by atoms with van der Waals surface area (Å²) < 4.78 is 25.8. The lowest BCUT2D eigenvalue weighted by Gasteiger charge is -2.26. The molecular formula is C18H17FN4O3S. The van der Waals surface area contributed by atoms with Gasteiger partial charge in [0.05, 0.1) is 30.9 Å². The van der Waals surface area contributed by atoms with Gasteiger partial charge < -0.3 is 14.1 Å². The molecule has 0 bridgehead atoms.